The molecule has 1 atom stereocenters. The van der Waals surface area contributed by atoms with E-state index in [2.05, 4.69) is 16.8 Å². The van der Waals surface area contributed by atoms with E-state index in [0.29, 0.717) is 0 Å². The van der Waals surface area contributed by atoms with Gasteiger partial charge in [0.15, 0.2) is 0 Å². The van der Waals surface area contributed by atoms with Crippen molar-refractivity contribution in [1.29, 1.82) is 0 Å². The Balaban J connectivity index is 2.21. The minimum Gasteiger partial charge on any atom is -0.328 e. The highest BCUT2D eigenvalue weighted by molar-refractivity contribution is 5.09. The van der Waals surface area contributed by atoms with Gasteiger partial charge in [-0.25, -0.2) is 0 Å². The van der Waals surface area contributed by atoms with E-state index in [1.54, 1.807) is 0 Å². The van der Waals surface area contributed by atoms with Crippen LogP contribution in [0.3, 0.4) is 0 Å². The molecule has 1 aromatic rings. The number of rotatable bonds is 5. The average Bonchev–Trinajstić information content (AvgIpc) is 2.28. The van der Waals surface area contributed by atoms with Crippen molar-refractivity contribution in [2.75, 3.05) is 0 Å². The zero-order chi connectivity index (χ0) is 10.9. The summed E-state index contributed by atoms with van der Waals surface area (Å²) in [4.78, 5) is 3.98. The second-order valence-electron chi connectivity index (χ2n) is 3.62. The van der Waals surface area contributed by atoms with Gasteiger partial charge in [0.05, 0.1) is 0 Å². The first kappa shape index (κ1) is 11.7. The lowest BCUT2D eigenvalue weighted by Crippen LogP contribution is -2.20. The van der Waals surface area contributed by atoms with E-state index >= 15 is 0 Å². The van der Waals surface area contributed by atoms with Gasteiger partial charge in [-0.2, -0.15) is 0 Å². The summed E-state index contributed by atoms with van der Waals surface area (Å²) in [6.07, 6.45) is 7.60. The number of aromatic nitrogens is 1. The molecule has 0 fully saturated rings. The van der Waals surface area contributed by atoms with Crippen LogP contribution in [0.2, 0.25) is 0 Å². The fourth-order valence-electron chi connectivity index (χ4n) is 1.43. The van der Waals surface area contributed by atoms with Crippen LogP contribution >= 0.6 is 0 Å². The van der Waals surface area contributed by atoms with Crippen molar-refractivity contribution in [2.24, 2.45) is 5.73 Å². The minimum atomic E-state index is 0.263. The van der Waals surface area contributed by atoms with E-state index in [-0.39, 0.29) is 6.04 Å². The topological polar surface area (TPSA) is 38.9 Å². The molecule has 0 aliphatic heterocycles. The summed E-state index contributed by atoms with van der Waals surface area (Å²) in [5.74, 6) is 5.92. The maximum Gasteiger partial charge on any atom is 0.0270 e. The molecule has 1 aromatic heterocycles. The van der Waals surface area contributed by atoms with Crippen molar-refractivity contribution < 1.29 is 0 Å². The maximum atomic E-state index is 5.98. The third kappa shape index (κ3) is 5.19. The van der Waals surface area contributed by atoms with Gasteiger partial charge in [0.25, 0.3) is 0 Å². The third-order valence-electron chi connectivity index (χ3n) is 2.37. The van der Waals surface area contributed by atoms with Gasteiger partial charge in [-0.15, -0.1) is 11.8 Å². The zero-order valence-corrected chi connectivity index (χ0v) is 9.24. The number of hydrogen-bond donors (Lipinski definition) is 1. The van der Waals surface area contributed by atoms with Crippen molar-refractivity contribution >= 4 is 0 Å². The highest BCUT2D eigenvalue weighted by Gasteiger charge is 2.01. The van der Waals surface area contributed by atoms with Crippen LogP contribution in [0.25, 0.3) is 0 Å². The lowest BCUT2D eigenvalue weighted by atomic mass is 10.0. The molecule has 0 saturated carbocycles. The summed E-state index contributed by atoms with van der Waals surface area (Å²) < 4.78 is 0. The average molecular weight is 202 g/mol. The molecule has 0 bridgehead atoms. The van der Waals surface area contributed by atoms with E-state index < -0.39 is 0 Å². The highest BCUT2D eigenvalue weighted by atomic mass is 14.6. The van der Waals surface area contributed by atoms with E-state index in [1.807, 2.05) is 31.5 Å². The summed E-state index contributed by atoms with van der Waals surface area (Å²) in [5.41, 5.74) is 7.29. The van der Waals surface area contributed by atoms with Gasteiger partial charge in [0.2, 0.25) is 0 Å². The second-order valence-corrected chi connectivity index (χ2v) is 3.62. The summed E-state index contributed by atoms with van der Waals surface area (Å²) in [5, 5.41) is 0. The van der Waals surface area contributed by atoms with E-state index in [1.165, 1.54) is 5.56 Å². The molecule has 0 aromatic carbocycles. The molecule has 2 N–H and O–H groups in total. The highest BCUT2D eigenvalue weighted by Crippen LogP contribution is 2.05. The van der Waals surface area contributed by atoms with Gasteiger partial charge < -0.3 is 5.73 Å². The number of nitrogens with zero attached hydrogens (tertiary/aromatic N) is 1. The summed E-state index contributed by atoms with van der Waals surface area (Å²) in [7, 11) is 0. The summed E-state index contributed by atoms with van der Waals surface area (Å²) in [6, 6.07) is 4.34. The van der Waals surface area contributed by atoms with Gasteiger partial charge in [0.1, 0.15) is 0 Å². The molecular formula is C13H18N2. The van der Waals surface area contributed by atoms with Crippen molar-refractivity contribution in [3.63, 3.8) is 0 Å². The van der Waals surface area contributed by atoms with Gasteiger partial charge in [-0.1, -0.05) is 0 Å². The first-order chi connectivity index (χ1) is 7.33. The van der Waals surface area contributed by atoms with E-state index in [9.17, 15) is 0 Å². The summed E-state index contributed by atoms with van der Waals surface area (Å²) >= 11 is 0. The molecule has 0 radical (unpaired) electrons. The first-order valence-corrected chi connectivity index (χ1v) is 5.37. The second kappa shape index (κ2) is 7.03. The maximum absolute atomic E-state index is 5.98. The zero-order valence-electron chi connectivity index (χ0n) is 9.24. The lowest BCUT2D eigenvalue weighted by Gasteiger charge is -2.09. The summed E-state index contributed by atoms with van der Waals surface area (Å²) in [6.45, 7) is 1.86. The van der Waals surface area contributed by atoms with Crippen LogP contribution in [0.4, 0.5) is 0 Å². The Kier molecular flexibility index (Phi) is 5.50. The molecule has 80 valence electrons. The van der Waals surface area contributed by atoms with Crippen LogP contribution in [0.1, 0.15) is 31.7 Å². The van der Waals surface area contributed by atoms with Gasteiger partial charge in [-0.3, -0.25) is 4.98 Å². The van der Waals surface area contributed by atoms with Gasteiger partial charge >= 0.3 is 0 Å². The predicted molar refractivity (Wildman–Crippen MR) is 63.2 cm³/mol. The molecule has 1 rings (SSSR count). The van der Waals surface area contributed by atoms with Crippen LogP contribution in [-0.2, 0) is 6.42 Å². The van der Waals surface area contributed by atoms with Gasteiger partial charge in [-0.05, 0) is 43.9 Å². The van der Waals surface area contributed by atoms with Crippen molar-refractivity contribution in [1.82, 2.24) is 4.98 Å². The normalized spacial score (nSPS) is 11.6. The van der Waals surface area contributed by atoms with Crippen molar-refractivity contribution in [3.05, 3.63) is 30.1 Å². The Morgan fingerprint density at radius 1 is 1.33 bits per heavy atom. The molecule has 15 heavy (non-hydrogen) atoms. The lowest BCUT2D eigenvalue weighted by molar-refractivity contribution is 0.578. The van der Waals surface area contributed by atoms with Gasteiger partial charge in [0, 0.05) is 24.9 Å². The SMILES string of the molecule is CC#CCCC(N)CCc1ccncc1. The first-order valence-electron chi connectivity index (χ1n) is 5.37. The smallest absolute Gasteiger partial charge is 0.0270 e. The monoisotopic (exact) mass is 202 g/mol. The third-order valence-corrected chi connectivity index (χ3v) is 2.37. The standard InChI is InChI=1S/C13H18N2/c1-2-3-4-5-13(14)7-6-12-8-10-15-11-9-12/h8-11,13H,4-7,14H2,1H3. The minimum absolute atomic E-state index is 0.263. The molecule has 2 heteroatoms. The Morgan fingerprint density at radius 3 is 2.73 bits per heavy atom. The van der Waals surface area contributed by atoms with Crippen LogP contribution in [-0.4, -0.2) is 11.0 Å². The number of nitrogens with two attached hydrogens (primary N) is 1. The fraction of sp³-hybridized carbons (Fsp3) is 0.462. The molecular weight excluding hydrogens is 184 g/mol. The van der Waals surface area contributed by atoms with Crippen molar-refractivity contribution in [2.45, 2.75) is 38.6 Å². The quantitative estimate of drug-likeness (QED) is 0.743. The fourth-order valence-corrected chi connectivity index (χ4v) is 1.43. The number of hydrogen-bond acceptors (Lipinski definition) is 2. The number of pyridine rings is 1. The Labute approximate surface area is 91.9 Å². The number of aryl methyl sites for hydroxylation is 1. The molecule has 2 nitrogen and oxygen atoms in total. The van der Waals surface area contributed by atoms with E-state index in [0.717, 1.165) is 25.7 Å². The Hall–Kier alpha value is -1.33. The predicted octanol–water partition coefficient (Wildman–Crippen LogP) is 2.15. The van der Waals surface area contributed by atoms with Crippen LogP contribution in [0.15, 0.2) is 24.5 Å². The molecule has 0 saturated heterocycles. The largest absolute Gasteiger partial charge is 0.328 e. The Morgan fingerprint density at radius 2 is 2.07 bits per heavy atom. The van der Waals surface area contributed by atoms with E-state index in [4.69, 9.17) is 5.73 Å². The van der Waals surface area contributed by atoms with Crippen LogP contribution in [0.5, 0.6) is 0 Å². The van der Waals surface area contributed by atoms with Crippen molar-refractivity contribution in [3.8, 4) is 11.8 Å². The molecule has 0 aliphatic rings. The molecule has 0 spiro atoms. The molecule has 0 aliphatic carbocycles. The molecule has 1 unspecified atom stereocenters. The molecule has 1 heterocycles. The Bertz CT molecular complexity index is 321. The van der Waals surface area contributed by atoms with Crippen LogP contribution < -0.4 is 5.73 Å². The molecule has 0 amide bonds. The van der Waals surface area contributed by atoms with Crippen LogP contribution in [0, 0.1) is 11.8 Å².